The van der Waals surface area contributed by atoms with E-state index in [0.717, 1.165) is 0 Å². The van der Waals surface area contributed by atoms with Crippen LogP contribution in [-0.4, -0.2) is 29.6 Å². The molecule has 12 heavy (non-hydrogen) atoms. The van der Waals surface area contributed by atoms with Crippen LogP contribution in [0.25, 0.3) is 0 Å². The number of alkyl halides is 3. The van der Waals surface area contributed by atoms with Crippen molar-refractivity contribution in [3.05, 3.63) is 0 Å². The number of carbonyl (C=O) groups excluding carboxylic acids is 1. The summed E-state index contributed by atoms with van der Waals surface area (Å²) in [5.74, 6) is 0. The smallest absolute Gasteiger partial charge is 0.213 e. The van der Waals surface area contributed by atoms with E-state index < -0.39 is 16.6 Å². The van der Waals surface area contributed by atoms with E-state index in [0.29, 0.717) is 6.41 Å². The molecule has 7 heteroatoms. The van der Waals surface area contributed by atoms with Crippen LogP contribution in [0.5, 0.6) is 0 Å². The molecule has 0 saturated heterocycles. The van der Waals surface area contributed by atoms with E-state index in [1.54, 1.807) is 0 Å². The summed E-state index contributed by atoms with van der Waals surface area (Å²) >= 11 is 16.0. The SMILES string of the molecule is [O]CC(NC=O)OCC(Cl)(Cl)Cl. The highest BCUT2D eigenvalue weighted by Crippen LogP contribution is 2.26. The van der Waals surface area contributed by atoms with E-state index in [-0.39, 0.29) is 6.61 Å². The van der Waals surface area contributed by atoms with E-state index in [1.165, 1.54) is 0 Å². The van der Waals surface area contributed by atoms with Crippen molar-refractivity contribution in [3.63, 3.8) is 0 Å². The highest BCUT2D eigenvalue weighted by molar-refractivity contribution is 6.67. The highest BCUT2D eigenvalue weighted by atomic mass is 35.6. The van der Waals surface area contributed by atoms with Crippen LogP contribution < -0.4 is 5.32 Å². The van der Waals surface area contributed by atoms with E-state index in [2.05, 4.69) is 5.32 Å². The second-order valence-corrected chi connectivity index (χ2v) is 4.38. The zero-order valence-electron chi connectivity index (χ0n) is 5.93. The molecule has 0 heterocycles. The molecule has 0 fully saturated rings. The fourth-order valence-electron chi connectivity index (χ4n) is 0.415. The first kappa shape index (κ1) is 12.3. The molecule has 0 saturated carbocycles. The second-order valence-electron chi connectivity index (χ2n) is 1.87. The number of carbonyl (C=O) groups is 1. The number of amides is 1. The average molecular weight is 235 g/mol. The first-order valence-electron chi connectivity index (χ1n) is 2.95. The summed E-state index contributed by atoms with van der Waals surface area (Å²) in [6, 6.07) is 0. The van der Waals surface area contributed by atoms with Crippen molar-refractivity contribution in [1.29, 1.82) is 0 Å². The van der Waals surface area contributed by atoms with Gasteiger partial charge in [0.05, 0.1) is 6.61 Å². The van der Waals surface area contributed by atoms with Crippen molar-refractivity contribution in [2.45, 2.75) is 10.0 Å². The minimum atomic E-state index is -1.57. The number of hydrogen-bond donors (Lipinski definition) is 1. The topological polar surface area (TPSA) is 58.2 Å². The first-order chi connectivity index (χ1) is 5.49. The molecule has 4 nitrogen and oxygen atoms in total. The van der Waals surface area contributed by atoms with Crippen LogP contribution in [0.2, 0.25) is 0 Å². The molecule has 71 valence electrons. The lowest BCUT2D eigenvalue weighted by atomic mass is 10.6. The van der Waals surface area contributed by atoms with Gasteiger partial charge in [-0.1, -0.05) is 34.8 Å². The predicted octanol–water partition coefficient (Wildman–Crippen LogP) is 0.876. The molecule has 1 amide bonds. The highest BCUT2D eigenvalue weighted by Gasteiger charge is 2.22. The van der Waals surface area contributed by atoms with Gasteiger partial charge in [0.15, 0.2) is 6.23 Å². The molecule has 0 aromatic carbocycles. The molecule has 0 rings (SSSR count). The Hall–Kier alpha value is 0.260. The van der Waals surface area contributed by atoms with Gasteiger partial charge in [0.2, 0.25) is 10.2 Å². The molecule has 0 aromatic rings. The Bertz CT molecular complexity index is 138. The summed E-state index contributed by atoms with van der Waals surface area (Å²) in [5, 5.41) is 12.4. The first-order valence-corrected chi connectivity index (χ1v) is 4.09. The van der Waals surface area contributed by atoms with Crippen molar-refractivity contribution in [1.82, 2.24) is 5.32 Å². The number of hydrogen-bond acceptors (Lipinski definition) is 2. The third-order valence-corrected chi connectivity index (χ3v) is 1.18. The fraction of sp³-hybridized carbons (Fsp3) is 0.800. The molecule has 0 spiro atoms. The summed E-state index contributed by atoms with van der Waals surface area (Å²) in [7, 11) is 0. The summed E-state index contributed by atoms with van der Waals surface area (Å²) in [6.45, 7) is -0.870. The molecular weight excluding hydrogens is 228 g/mol. The summed E-state index contributed by atoms with van der Waals surface area (Å²) < 4.78 is 3.17. The Morgan fingerprint density at radius 1 is 1.50 bits per heavy atom. The number of nitrogens with one attached hydrogen (secondary N) is 1. The lowest BCUT2D eigenvalue weighted by Gasteiger charge is -2.16. The third-order valence-electron chi connectivity index (χ3n) is 0.853. The maximum absolute atomic E-state index is 10.3. The Kier molecular flexibility index (Phi) is 5.96. The minimum Gasteiger partial charge on any atom is -0.351 e. The molecule has 0 aliphatic carbocycles. The van der Waals surface area contributed by atoms with Gasteiger partial charge in [-0.15, -0.1) is 0 Å². The quantitative estimate of drug-likeness (QED) is 0.437. The van der Waals surface area contributed by atoms with E-state index >= 15 is 0 Å². The van der Waals surface area contributed by atoms with Crippen LogP contribution in [0, 0.1) is 0 Å². The van der Waals surface area contributed by atoms with Gasteiger partial charge in [-0.05, 0) is 0 Å². The van der Waals surface area contributed by atoms with E-state index in [9.17, 15) is 9.90 Å². The predicted molar refractivity (Wildman–Crippen MR) is 44.8 cm³/mol. The van der Waals surface area contributed by atoms with Gasteiger partial charge < -0.3 is 10.1 Å². The third kappa shape index (κ3) is 6.94. The normalized spacial score (nSPS) is 14.0. The van der Waals surface area contributed by atoms with Crippen LogP contribution in [0.4, 0.5) is 0 Å². The van der Waals surface area contributed by atoms with Crippen LogP contribution in [0.1, 0.15) is 0 Å². The Morgan fingerprint density at radius 2 is 2.08 bits per heavy atom. The van der Waals surface area contributed by atoms with Crippen molar-refractivity contribution in [2.24, 2.45) is 0 Å². The number of rotatable bonds is 5. The van der Waals surface area contributed by atoms with Gasteiger partial charge in [-0.2, -0.15) is 0 Å². The summed E-state index contributed by atoms with van der Waals surface area (Å²) in [6.07, 6.45) is -0.598. The van der Waals surface area contributed by atoms with Crippen LogP contribution in [0.3, 0.4) is 0 Å². The zero-order chi connectivity index (χ0) is 9.61. The lowest BCUT2D eigenvalue weighted by molar-refractivity contribution is -0.115. The molecular formula is C5H7Cl3NO3. The lowest BCUT2D eigenvalue weighted by Crippen LogP contribution is -2.35. The van der Waals surface area contributed by atoms with Gasteiger partial charge in [0.1, 0.15) is 6.61 Å². The standard InChI is InChI=1S/C5H7Cl3NO3/c6-5(7,8)2-12-4(1-10)9-3-11/h3-4H,1-2H2,(H,9,11). The van der Waals surface area contributed by atoms with E-state index in [4.69, 9.17) is 39.5 Å². The number of ether oxygens (including phenoxy) is 1. The molecule has 1 radical (unpaired) electrons. The molecule has 0 aromatic heterocycles. The Morgan fingerprint density at radius 3 is 2.42 bits per heavy atom. The maximum atomic E-state index is 10.3. The zero-order valence-corrected chi connectivity index (χ0v) is 8.20. The van der Waals surface area contributed by atoms with Gasteiger partial charge in [0, 0.05) is 0 Å². The molecule has 0 aliphatic heterocycles. The molecule has 0 bridgehead atoms. The monoisotopic (exact) mass is 234 g/mol. The maximum Gasteiger partial charge on any atom is 0.213 e. The van der Waals surface area contributed by atoms with Gasteiger partial charge in [0.25, 0.3) is 0 Å². The second kappa shape index (κ2) is 5.83. The van der Waals surface area contributed by atoms with Crippen LogP contribution in [0.15, 0.2) is 0 Å². The Balaban J connectivity index is 3.64. The minimum absolute atomic E-state index is 0.245. The summed E-state index contributed by atoms with van der Waals surface area (Å²) in [5.41, 5.74) is 0. The van der Waals surface area contributed by atoms with Crippen molar-refractivity contribution in [2.75, 3.05) is 13.2 Å². The van der Waals surface area contributed by atoms with Crippen LogP contribution >= 0.6 is 34.8 Å². The largest absolute Gasteiger partial charge is 0.351 e. The Labute approximate surface area is 84.7 Å². The average Bonchev–Trinajstić information content (AvgIpc) is 1.96. The van der Waals surface area contributed by atoms with Crippen molar-refractivity contribution in [3.8, 4) is 0 Å². The van der Waals surface area contributed by atoms with Gasteiger partial charge in [-0.3, -0.25) is 4.79 Å². The van der Waals surface area contributed by atoms with Gasteiger partial charge >= 0.3 is 0 Å². The molecule has 1 atom stereocenters. The van der Waals surface area contributed by atoms with Crippen molar-refractivity contribution >= 4 is 41.2 Å². The van der Waals surface area contributed by atoms with E-state index in [1.807, 2.05) is 0 Å². The van der Waals surface area contributed by atoms with Gasteiger partial charge in [-0.25, -0.2) is 5.11 Å². The molecule has 1 N–H and O–H groups in total. The summed E-state index contributed by atoms with van der Waals surface area (Å²) in [4.78, 5) is 9.87. The van der Waals surface area contributed by atoms with Crippen molar-refractivity contribution < 1.29 is 14.6 Å². The molecule has 0 aliphatic rings. The number of halogens is 3. The van der Waals surface area contributed by atoms with Crippen LogP contribution in [-0.2, 0) is 14.6 Å². The molecule has 1 unspecified atom stereocenters. The fourth-order valence-corrected chi connectivity index (χ4v) is 0.604.